The molecule has 1 aromatic heterocycles. The summed E-state index contributed by atoms with van der Waals surface area (Å²) < 4.78 is 1.76. The van der Waals surface area contributed by atoms with Crippen LogP contribution in [0.25, 0.3) is 11.0 Å². The van der Waals surface area contributed by atoms with E-state index in [9.17, 15) is 4.79 Å². The average Bonchev–Trinajstić information content (AvgIpc) is 3.14. The van der Waals surface area contributed by atoms with Gasteiger partial charge in [-0.1, -0.05) is 12.1 Å². The standard InChI is InChI=1S/C14H13N3O/c15-8-7-14(5-6-14)10-17-12-4-2-1-3-11(12)16-9-13(17)18/h1-4,9H,5-7,10H2. The summed E-state index contributed by atoms with van der Waals surface area (Å²) in [4.78, 5) is 16.1. The molecule has 0 spiro atoms. The van der Waals surface area contributed by atoms with Gasteiger partial charge in [0.25, 0.3) is 5.56 Å². The maximum absolute atomic E-state index is 12.0. The molecule has 1 fully saturated rings. The highest BCUT2D eigenvalue weighted by atomic mass is 16.1. The molecule has 90 valence electrons. The number of nitriles is 1. The van der Waals surface area contributed by atoms with Gasteiger partial charge in [0.15, 0.2) is 0 Å². The zero-order chi connectivity index (χ0) is 12.6. The molecule has 4 nitrogen and oxygen atoms in total. The maximum Gasteiger partial charge on any atom is 0.269 e. The zero-order valence-corrected chi connectivity index (χ0v) is 9.97. The van der Waals surface area contributed by atoms with E-state index in [4.69, 9.17) is 5.26 Å². The van der Waals surface area contributed by atoms with E-state index >= 15 is 0 Å². The molecule has 0 amide bonds. The van der Waals surface area contributed by atoms with E-state index in [-0.39, 0.29) is 11.0 Å². The van der Waals surface area contributed by atoms with Crippen molar-refractivity contribution in [1.29, 1.82) is 5.26 Å². The fraction of sp³-hybridized carbons (Fsp3) is 0.357. The molecule has 0 unspecified atom stereocenters. The van der Waals surface area contributed by atoms with Crippen molar-refractivity contribution in [1.82, 2.24) is 9.55 Å². The van der Waals surface area contributed by atoms with Gasteiger partial charge in [0, 0.05) is 18.4 Å². The Hall–Kier alpha value is -2.15. The third-order valence-electron chi connectivity index (χ3n) is 3.66. The van der Waals surface area contributed by atoms with Gasteiger partial charge in [-0.3, -0.25) is 4.79 Å². The van der Waals surface area contributed by atoms with Crippen molar-refractivity contribution in [2.45, 2.75) is 25.8 Å². The van der Waals surface area contributed by atoms with Crippen molar-refractivity contribution in [3.8, 4) is 6.07 Å². The highest BCUT2D eigenvalue weighted by molar-refractivity contribution is 5.74. The molecule has 0 radical (unpaired) electrons. The molecule has 4 heteroatoms. The first kappa shape index (κ1) is 11.0. The molecule has 0 saturated heterocycles. The molecule has 2 aromatic rings. The summed E-state index contributed by atoms with van der Waals surface area (Å²) in [6.07, 6.45) is 3.95. The van der Waals surface area contributed by atoms with E-state index in [0.29, 0.717) is 13.0 Å². The Morgan fingerprint density at radius 3 is 2.89 bits per heavy atom. The summed E-state index contributed by atoms with van der Waals surface area (Å²) in [6, 6.07) is 9.85. The van der Waals surface area contributed by atoms with E-state index < -0.39 is 0 Å². The molecule has 1 saturated carbocycles. The summed E-state index contributed by atoms with van der Waals surface area (Å²) in [7, 11) is 0. The predicted octanol–water partition coefficient (Wildman–Crippen LogP) is 2.09. The van der Waals surface area contributed by atoms with Crippen LogP contribution in [-0.4, -0.2) is 9.55 Å². The first-order valence-corrected chi connectivity index (χ1v) is 6.06. The van der Waals surface area contributed by atoms with Crippen molar-refractivity contribution < 1.29 is 0 Å². The smallest absolute Gasteiger partial charge is 0.269 e. The second-order valence-corrected chi connectivity index (χ2v) is 5.01. The van der Waals surface area contributed by atoms with Crippen LogP contribution in [0.15, 0.2) is 35.3 Å². The van der Waals surface area contributed by atoms with Crippen LogP contribution < -0.4 is 5.56 Å². The molecule has 0 atom stereocenters. The molecule has 0 bridgehead atoms. The van der Waals surface area contributed by atoms with Crippen LogP contribution in [0.4, 0.5) is 0 Å². The first-order valence-electron chi connectivity index (χ1n) is 6.06. The molecule has 1 aliphatic carbocycles. The van der Waals surface area contributed by atoms with Gasteiger partial charge in [-0.2, -0.15) is 5.26 Å². The van der Waals surface area contributed by atoms with Crippen LogP contribution in [0.5, 0.6) is 0 Å². The number of hydrogen-bond donors (Lipinski definition) is 0. The van der Waals surface area contributed by atoms with Crippen LogP contribution >= 0.6 is 0 Å². The van der Waals surface area contributed by atoms with E-state index in [1.807, 2.05) is 24.3 Å². The molecule has 18 heavy (non-hydrogen) atoms. The molecule has 1 aliphatic rings. The largest absolute Gasteiger partial charge is 0.305 e. The number of benzene rings is 1. The Morgan fingerprint density at radius 1 is 1.39 bits per heavy atom. The Kier molecular flexibility index (Phi) is 2.41. The summed E-state index contributed by atoms with van der Waals surface area (Å²) in [6.45, 7) is 0.627. The van der Waals surface area contributed by atoms with Crippen LogP contribution in [0, 0.1) is 16.7 Å². The van der Waals surface area contributed by atoms with Gasteiger partial charge in [0.2, 0.25) is 0 Å². The number of rotatable bonds is 3. The minimum Gasteiger partial charge on any atom is -0.305 e. The summed E-state index contributed by atoms with van der Waals surface area (Å²) >= 11 is 0. The third-order valence-corrected chi connectivity index (χ3v) is 3.66. The van der Waals surface area contributed by atoms with Crippen LogP contribution in [0.3, 0.4) is 0 Å². The second kappa shape index (κ2) is 3.95. The number of fused-ring (bicyclic) bond motifs is 1. The van der Waals surface area contributed by atoms with Gasteiger partial charge in [0.05, 0.1) is 23.3 Å². The number of para-hydroxylation sites is 2. The van der Waals surface area contributed by atoms with Gasteiger partial charge in [-0.25, -0.2) is 4.98 Å². The lowest BCUT2D eigenvalue weighted by molar-refractivity contribution is 0.431. The Labute approximate surface area is 105 Å². The van der Waals surface area contributed by atoms with Gasteiger partial charge in [-0.05, 0) is 25.0 Å². The lowest BCUT2D eigenvalue weighted by Crippen LogP contribution is -2.25. The molecular formula is C14H13N3O. The minimum absolute atomic E-state index is 0.0166. The monoisotopic (exact) mass is 239 g/mol. The summed E-state index contributed by atoms with van der Waals surface area (Å²) in [5.41, 5.74) is 1.61. The summed E-state index contributed by atoms with van der Waals surface area (Å²) in [5.74, 6) is 0. The lowest BCUT2D eigenvalue weighted by Gasteiger charge is -2.15. The van der Waals surface area contributed by atoms with Crippen molar-refractivity contribution >= 4 is 11.0 Å². The molecule has 0 N–H and O–H groups in total. The van der Waals surface area contributed by atoms with Crippen LogP contribution in [0.1, 0.15) is 19.3 Å². The maximum atomic E-state index is 12.0. The van der Waals surface area contributed by atoms with Crippen molar-refractivity contribution in [2.24, 2.45) is 5.41 Å². The van der Waals surface area contributed by atoms with Gasteiger partial charge >= 0.3 is 0 Å². The van der Waals surface area contributed by atoms with Crippen molar-refractivity contribution in [3.63, 3.8) is 0 Å². The quantitative estimate of drug-likeness (QED) is 0.824. The number of aromatic nitrogens is 2. The molecule has 0 aliphatic heterocycles. The van der Waals surface area contributed by atoms with Gasteiger partial charge < -0.3 is 4.57 Å². The topological polar surface area (TPSA) is 58.7 Å². The fourth-order valence-electron chi connectivity index (χ4n) is 2.35. The SMILES string of the molecule is N#CCC1(Cn2c(=O)cnc3ccccc32)CC1. The minimum atomic E-state index is -0.0853. The molecular weight excluding hydrogens is 226 g/mol. The second-order valence-electron chi connectivity index (χ2n) is 5.01. The predicted molar refractivity (Wildman–Crippen MR) is 67.9 cm³/mol. The number of nitrogens with zero attached hydrogens (tertiary/aromatic N) is 3. The lowest BCUT2D eigenvalue weighted by atomic mass is 10.0. The van der Waals surface area contributed by atoms with Crippen LogP contribution in [0.2, 0.25) is 0 Å². The van der Waals surface area contributed by atoms with E-state index in [2.05, 4.69) is 11.1 Å². The van der Waals surface area contributed by atoms with Crippen molar-refractivity contribution in [2.75, 3.05) is 0 Å². The van der Waals surface area contributed by atoms with Crippen molar-refractivity contribution in [3.05, 3.63) is 40.8 Å². The average molecular weight is 239 g/mol. The molecule has 1 heterocycles. The highest BCUT2D eigenvalue weighted by Gasteiger charge is 2.43. The van der Waals surface area contributed by atoms with E-state index in [0.717, 1.165) is 23.9 Å². The molecule has 3 rings (SSSR count). The fourth-order valence-corrected chi connectivity index (χ4v) is 2.35. The van der Waals surface area contributed by atoms with Gasteiger partial charge in [-0.15, -0.1) is 0 Å². The van der Waals surface area contributed by atoms with E-state index in [1.165, 1.54) is 6.20 Å². The Balaban J connectivity index is 2.09. The van der Waals surface area contributed by atoms with E-state index in [1.54, 1.807) is 4.57 Å². The summed E-state index contributed by atoms with van der Waals surface area (Å²) in [5, 5.41) is 8.85. The zero-order valence-electron chi connectivity index (χ0n) is 9.97. The highest BCUT2D eigenvalue weighted by Crippen LogP contribution is 2.49. The van der Waals surface area contributed by atoms with Crippen LogP contribution in [-0.2, 0) is 6.54 Å². The molecule has 1 aromatic carbocycles. The van der Waals surface area contributed by atoms with Gasteiger partial charge in [0.1, 0.15) is 0 Å². The Bertz CT molecular complexity index is 692. The Morgan fingerprint density at radius 2 is 2.17 bits per heavy atom. The third kappa shape index (κ3) is 1.78. The normalized spacial score (nSPS) is 16.4. The first-order chi connectivity index (χ1) is 8.74. The number of hydrogen-bond acceptors (Lipinski definition) is 3.